The SMILES string of the molecule is Cc1ncsc1CCN1CCC(O)C(C)C1. The molecule has 0 aliphatic carbocycles. The Morgan fingerprint density at radius 1 is 1.62 bits per heavy atom. The number of nitrogens with zero attached hydrogens (tertiary/aromatic N) is 2. The van der Waals surface area contributed by atoms with Gasteiger partial charge < -0.3 is 10.0 Å². The highest BCUT2D eigenvalue weighted by Gasteiger charge is 2.23. The molecule has 1 aromatic heterocycles. The van der Waals surface area contributed by atoms with E-state index in [9.17, 15) is 5.11 Å². The Balaban J connectivity index is 1.81. The Kier molecular flexibility index (Phi) is 3.95. The largest absolute Gasteiger partial charge is 0.393 e. The van der Waals surface area contributed by atoms with Crippen LogP contribution in [-0.2, 0) is 6.42 Å². The van der Waals surface area contributed by atoms with Gasteiger partial charge in [0.25, 0.3) is 0 Å². The summed E-state index contributed by atoms with van der Waals surface area (Å²) in [5, 5.41) is 9.66. The fourth-order valence-electron chi connectivity index (χ4n) is 2.25. The van der Waals surface area contributed by atoms with Crippen LogP contribution in [0.2, 0.25) is 0 Å². The summed E-state index contributed by atoms with van der Waals surface area (Å²) in [6.07, 6.45) is 1.92. The lowest BCUT2D eigenvalue weighted by Crippen LogP contribution is -2.42. The van der Waals surface area contributed by atoms with Crippen LogP contribution in [0.15, 0.2) is 5.51 Å². The molecule has 1 aliphatic rings. The van der Waals surface area contributed by atoms with Crippen molar-refractivity contribution in [2.24, 2.45) is 5.92 Å². The Bertz CT molecular complexity index is 340. The predicted molar refractivity (Wildman–Crippen MR) is 66.8 cm³/mol. The Hall–Kier alpha value is -0.450. The second-order valence-corrected chi connectivity index (χ2v) is 5.68. The minimum absolute atomic E-state index is 0.0959. The van der Waals surface area contributed by atoms with Gasteiger partial charge in [-0.3, -0.25) is 0 Å². The number of aromatic nitrogens is 1. The predicted octanol–water partition coefficient (Wildman–Crippen LogP) is 1.70. The lowest BCUT2D eigenvalue weighted by Gasteiger charge is -2.34. The van der Waals surface area contributed by atoms with E-state index in [0.29, 0.717) is 5.92 Å². The van der Waals surface area contributed by atoms with Crippen LogP contribution in [0.3, 0.4) is 0 Å². The van der Waals surface area contributed by atoms with Crippen molar-refractivity contribution in [2.75, 3.05) is 19.6 Å². The molecule has 0 bridgehead atoms. The highest BCUT2D eigenvalue weighted by atomic mass is 32.1. The monoisotopic (exact) mass is 240 g/mol. The standard InChI is InChI=1S/C12H20N2OS/c1-9-7-14(5-3-11(9)15)6-4-12-10(2)13-8-16-12/h8-9,11,15H,3-7H2,1-2H3. The maximum absolute atomic E-state index is 9.66. The molecule has 1 fully saturated rings. The number of aryl methyl sites for hydroxylation is 1. The van der Waals surface area contributed by atoms with Gasteiger partial charge in [0, 0.05) is 24.5 Å². The van der Waals surface area contributed by atoms with Crippen LogP contribution >= 0.6 is 11.3 Å². The quantitative estimate of drug-likeness (QED) is 0.873. The van der Waals surface area contributed by atoms with Gasteiger partial charge in [-0.15, -0.1) is 11.3 Å². The molecule has 0 aromatic carbocycles. The summed E-state index contributed by atoms with van der Waals surface area (Å²) < 4.78 is 0. The smallest absolute Gasteiger partial charge is 0.0797 e. The van der Waals surface area contributed by atoms with Crippen molar-refractivity contribution in [3.63, 3.8) is 0 Å². The fourth-order valence-corrected chi connectivity index (χ4v) is 3.02. The Labute approximate surface area is 101 Å². The molecule has 1 N–H and O–H groups in total. The average molecular weight is 240 g/mol. The van der Waals surface area contributed by atoms with Gasteiger partial charge in [0.15, 0.2) is 0 Å². The van der Waals surface area contributed by atoms with Gasteiger partial charge in [0.1, 0.15) is 0 Å². The van der Waals surface area contributed by atoms with Crippen LogP contribution in [0.5, 0.6) is 0 Å². The second kappa shape index (κ2) is 5.25. The highest BCUT2D eigenvalue weighted by molar-refractivity contribution is 7.09. The molecule has 2 heterocycles. The summed E-state index contributed by atoms with van der Waals surface area (Å²) in [4.78, 5) is 8.12. The number of thiazole rings is 1. The molecule has 2 atom stereocenters. The molecule has 1 aromatic rings. The number of hydrogen-bond donors (Lipinski definition) is 1. The van der Waals surface area contributed by atoms with E-state index in [2.05, 4.69) is 23.7 Å². The topological polar surface area (TPSA) is 36.4 Å². The molecule has 3 nitrogen and oxygen atoms in total. The van der Waals surface area contributed by atoms with E-state index in [-0.39, 0.29) is 6.10 Å². The van der Waals surface area contributed by atoms with Gasteiger partial charge in [0.2, 0.25) is 0 Å². The van der Waals surface area contributed by atoms with Crippen molar-refractivity contribution in [3.8, 4) is 0 Å². The van der Waals surface area contributed by atoms with Crippen molar-refractivity contribution < 1.29 is 5.11 Å². The molecular formula is C12H20N2OS. The molecule has 0 saturated carbocycles. The normalized spacial score (nSPS) is 27.2. The molecule has 1 saturated heterocycles. The zero-order valence-electron chi connectivity index (χ0n) is 10.0. The van der Waals surface area contributed by atoms with Gasteiger partial charge in [-0.05, 0) is 25.7 Å². The summed E-state index contributed by atoms with van der Waals surface area (Å²) in [7, 11) is 0. The summed E-state index contributed by atoms with van der Waals surface area (Å²) in [5.74, 6) is 0.413. The van der Waals surface area contributed by atoms with Crippen molar-refractivity contribution in [1.29, 1.82) is 0 Å². The van der Waals surface area contributed by atoms with Crippen LogP contribution < -0.4 is 0 Å². The maximum Gasteiger partial charge on any atom is 0.0797 e. The molecule has 1 aliphatic heterocycles. The van der Waals surface area contributed by atoms with Crippen LogP contribution in [-0.4, -0.2) is 40.7 Å². The van der Waals surface area contributed by atoms with Crippen LogP contribution in [0, 0.1) is 12.8 Å². The van der Waals surface area contributed by atoms with Crippen molar-refractivity contribution in [3.05, 3.63) is 16.1 Å². The minimum Gasteiger partial charge on any atom is -0.393 e. The third-order valence-electron chi connectivity index (χ3n) is 3.44. The number of aliphatic hydroxyl groups excluding tert-OH is 1. The van der Waals surface area contributed by atoms with Gasteiger partial charge >= 0.3 is 0 Å². The van der Waals surface area contributed by atoms with Crippen LogP contribution in [0.25, 0.3) is 0 Å². The number of aliphatic hydroxyl groups is 1. The lowest BCUT2D eigenvalue weighted by molar-refractivity contribution is 0.0356. The van der Waals surface area contributed by atoms with E-state index in [1.165, 1.54) is 10.6 Å². The van der Waals surface area contributed by atoms with E-state index in [4.69, 9.17) is 0 Å². The summed E-state index contributed by atoms with van der Waals surface area (Å²) in [6, 6.07) is 0. The first-order valence-corrected chi connectivity index (χ1v) is 6.84. The lowest BCUT2D eigenvalue weighted by atomic mass is 9.97. The van der Waals surface area contributed by atoms with E-state index >= 15 is 0 Å². The van der Waals surface area contributed by atoms with E-state index in [1.807, 2.05) is 5.51 Å². The van der Waals surface area contributed by atoms with Crippen molar-refractivity contribution in [1.82, 2.24) is 9.88 Å². The van der Waals surface area contributed by atoms with Crippen molar-refractivity contribution in [2.45, 2.75) is 32.8 Å². The third kappa shape index (κ3) is 2.81. The van der Waals surface area contributed by atoms with E-state index < -0.39 is 0 Å². The first-order valence-electron chi connectivity index (χ1n) is 5.96. The van der Waals surface area contributed by atoms with Crippen LogP contribution in [0.1, 0.15) is 23.9 Å². The summed E-state index contributed by atoms with van der Waals surface area (Å²) >= 11 is 1.75. The Morgan fingerprint density at radius 2 is 2.44 bits per heavy atom. The number of piperidine rings is 1. The number of rotatable bonds is 3. The molecule has 16 heavy (non-hydrogen) atoms. The van der Waals surface area contributed by atoms with Gasteiger partial charge in [0.05, 0.1) is 17.3 Å². The van der Waals surface area contributed by atoms with E-state index in [1.54, 1.807) is 11.3 Å². The summed E-state index contributed by atoms with van der Waals surface area (Å²) in [6.45, 7) is 7.37. The molecule has 0 spiro atoms. The molecule has 2 unspecified atom stereocenters. The first kappa shape index (κ1) is 12.0. The molecule has 0 radical (unpaired) electrons. The molecular weight excluding hydrogens is 220 g/mol. The van der Waals surface area contributed by atoms with Crippen LogP contribution in [0.4, 0.5) is 0 Å². The van der Waals surface area contributed by atoms with Crippen molar-refractivity contribution >= 4 is 11.3 Å². The number of likely N-dealkylation sites (tertiary alicyclic amines) is 1. The Morgan fingerprint density at radius 3 is 3.06 bits per heavy atom. The zero-order chi connectivity index (χ0) is 11.5. The molecule has 2 rings (SSSR count). The summed E-state index contributed by atoms with van der Waals surface area (Å²) in [5.41, 5.74) is 3.10. The second-order valence-electron chi connectivity index (χ2n) is 4.74. The molecule has 90 valence electrons. The first-order chi connectivity index (χ1) is 7.66. The average Bonchev–Trinajstić information content (AvgIpc) is 2.66. The fraction of sp³-hybridized carbons (Fsp3) is 0.750. The molecule has 0 amide bonds. The minimum atomic E-state index is -0.0959. The molecule has 4 heteroatoms. The van der Waals surface area contributed by atoms with Gasteiger partial charge in [-0.25, -0.2) is 4.98 Å². The van der Waals surface area contributed by atoms with Gasteiger partial charge in [-0.2, -0.15) is 0 Å². The number of hydrogen-bond acceptors (Lipinski definition) is 4. The maximum atomic E-state index is 9.66. The third-order valence-corrected chi connectivity index (χ3v) is 4.44. The van der Waals surface area contributed by atoms with E-state index in [0.717, 1.165) is 32.5 Å². The van der Waals surface area contributed by atoms with Gasteiger partial charge in [-0.1, -0.05) is 6.92 Å². The zero-order valence-corrected chi connectivity index (χ0v) is 10.8. The highest BCUT2D eigenvalue weighted by Crippen LogP contribution is 2.18.